The average Bonchev–Trinajstić information content (AvgIpc) is 2.95. The van der Waals surface area contributed by atoms with Gasteiger partial charge in [0, 0.05) is 37.5 Å². The van der Waals surface area contributed by atoms with E-state index in [-0.39, 0.29) is 6.04 Å². The molecule has 0 spiro atoms. The fraction of sp³-hybridized carbons (Fsp3) is 0.688. The number of fused-ring (bicyclic) bond motifs is 1. The van der Waals surface area contributed by atoms with Crippen molar-refractivity contribution in [3.63, 3.8) is 0 Å². The van der Waals surface area contributed by atoms with Gasteiger partial charge in [-0.05, 0) is 19.9 Å². The van der Waals surface area contributed by atoms with Crippen LogP contribution in [0.2, 0.25) is 0 Å². The number of nitrogens with zero attached hydrogens (tertiary/aromatic N) is 3. The van der Waals surface area contributed by atoms with Crippen molar-refractivity contribution in [1.82, 2.24) is 14.8 Å². The van der Waals surface area contributed by atoms with Gasteiger partial charge in [0.2, 0.25) is 0 Å². The second-order valence-electron chi connectivity index (χ2n) is 6.54. The van der Waals surface area contributed by atoms with E-state index in [2.05, 4.69) is 22.2 Å². The number of aromatic nitrogens is 1. The molecule has 7 heteroatoms. The molecule has 126 valence electrons. The molecule has 0 atom stereocenters. The van der Waals surface area contributed by atoms with Crippen molar-refractivity contribution in [3.8, 4) is 0 Å². The van der Waals surface area contributed by atoms with Gasteiger partial charge in [-0.2, -0.15) is 0 Å². The SMILES string of the molecule is CN1CCc2nc(NC(=O)C(=O)N(C)C3CCCCC3)sc2C1. The zero-order chi connectivity index (χ0) is 16.4. The molecule has 23 heavy (non-hydrogen) atoms. The molecule has 1 aliphatic carbocycles. The summed E-state index contributed by atoms with van der Waals surface area (Å²) in [5, 5.41) is 3.23. The molecule has 0 saturated heterocycles. The Labute approximate surface area is 140 Å². The highest BCUT2D eigenvalue weighted by molar-refractivity contribution is 7.16. The maximum Gasteiger partial charge on any atom is 0.315 e. The van der Waals surface area contributed by atoms with Gasteiger partial charge in [0.15, 0.2) is 5.13 Å². The van der Waals surface area contributed by atoms with Crippen LogP contribution in [-0.2, 0) is 22.6 Å². The van der Waals surface area contributed by atoms with Gasteiger partial charge in [0.05, 0.1) is 5.69 Å². The fourth-order valence-electron chi connectivity index (χ4n) is 3.32. The molecule has 0 radical (unpaired) electrons. The van der Waals surface area contributed by atoms with E-state index in [0.717, 1.165) is 50.9 Å². The van der Waals surface area contributed by atoms with Crippen molar-refractivity contribution in [3.05, 3.63) is 10.6 Å². The van der Waals surface area contributed by atoms with E-state index in [1.165, 1.54) is 22.6 Å². The van der Waals surface area contributed by atoms with Gasteiger partial charge < -0.3 is 9.80 Å². The number of carbonyl (C=O) groups excluding carboxylic acids is 2. The summed E-state index contributed by atoms with van der Waals surface area (Å²) in [4.78, 5) is 34.0. The first kappa shape index (κ1) is 16.4. The van der Waals surface area contributed by atoms with E-state index in [9.17, 15) is 9.59 Å². The maximum atomic E-state index is 12.3. The van der Waals surface area contributed by atoms with Gasteiger partial charge >= 0.3 is 11.8 Å². The summed E-state index contributed by atoms with van der Waals surface area (Å²) in [7, 11) is 3.81. The summed E-state index contributed by atoms with van der Waals surface area (Å²) in [6.07, 6.45) is 6.38. The number of hydrogen-bond acceptors (Lipinski definition) is 5. The summed E-state index contributed by atoms with van der Waals surface area (Å²) < 4.78 is 0. The van der Waals surface area contributed by atoms with Gasteiger partial charge in [0.1, 0.15) is 0 Å². The molecule has 2 heterocycles. The zero-order valence-corrected chi connectivity index (χ0v) is 14.6. The predicted octanol–water partition coefficient (Wildman–Crippen LogP) is 1.86. The standard InChI is InChI=1S/C16H24N4O2S/c1-19-9-8-12-13(10-19)23-16(17-12)18-14(21)15(22)20(2)11-6-4-3-5-7-11/h11H,3-10H2,1-2H3,(H,17,18,21). The molecule has 6 nitrogen and oxygen atoms in total. The van der Waals surface area contributed by atoms with Crippen LogP contribution in [0.1, 0.15) is 42.7 Å². The lowest BCUT2D eigenvalue weighted by atomic mass is 9.94. The minimum atomic E-state index is -0.572. The molecule has 1 fully saturated rings. The molecule has 0 bridgehead atoms. The molecule has 1 aromatic heterocycles. The minimum Gasteiger partial charge on any atom is -0.335 e. The van der Waals surface area contributed by atoms with Crippen LogP contribution in [-0.4, -0.2) is 53.3 Å². The van der Waals surface area contributed by atoms with Crippen molar-refractivity contribution < 1.29 is 9.59 Å². The highest BCUT2D eigenvalue weighted by atomic mass is 32.1. The number of anilines is 1. The van der Waals surface area contributed by atoms with Gasteiger partial charge in [-0.15, -0.1) is 11.3 Å². The third kappa shape index (κ3) is 3.72. The number of carbonyl (C=O) groups is 2. The molecule has 2 amide bonds. The maximum absolute atomic E-state index is 12.3. The number of nitrogens with one attached hydrogen (secondary N) is 1. The van der Waals surface area contributed by atoms with Gasteiger partial charge in [-0.1, -0.05) is 19.3 Å². The zero-order valence-electron chi connectivity index (χ0n) is 13.8. The Kier molecular flexibility index (Phi) is 4.96. The van der Waals surface area contributed by atoms with Crippen molar-refractivity contribution in [2.45, 2.75) is 51.1 Å². The number of hydrogen-bond donors (Lipinski definition) is 1. The van der Waals surface area contributed by atoms with Crippen LogP contribution in [0.3, 0.4) is 0 Å². The highest BCUT2D eigenvalue weighted by Crippen LogP contribution is 2.28. The van der Waals surface area contributed by atoms with Gasteiger partial charge in [-0.3, -0.25) is 14.9 Å². The monoisotopic (exact) mass is 336 g/mol. The van der Waals surface area contributed by atoms with Crippen molar-refractivity contribution in [1.29, 1.82) is 0 Å². The molecular weight excluding hydrogens is 312 g/mol. The van der Waals surface area contributed by atoms with E-state index >= 15 is 0 Å². The lowest BCUT2D eigenvalue weighted by molar-refractivity contribution is -0.144. The Balaban J connectivity index is 1.61. The lowest BCUT2D eigenvalue weighted by Gasteiger charge is -2.30. The third-order valence-electron chi connectivity index (χ3n) is 4.78. The first-order chi connectivity index (χ1) is 11.0. The first-order valence-corrected chi connectivity index (χ1v) is 9.11. The average molecular weight is 336 g/mol. The van der Waals surface area contributed by atoms with Crippen LogP contribution in [0.4, 0.5) is 5.13 Å². The van der Waals surface area contributed by atoms with E-state index in [0.29, 0.717) is 5.13 Å². The lowest BCUT2D eigenvalue weighted by Crippen LogP contribution is -2.44. The largest absolute Gasteiger partial charge is 0.335 e. The number of thiazole rings is 1. The van der Waals surface area contributed by atoms with Crippen LogP contribution >= 0.6 is 11.3 Å². The third-order valence-corrected chi connectivity index (χ3v) is 5.78. The second-order valence-corrected chi connectivity index (χ2v) is 7.62. The number of amides is 2. The smallest absolute Gasteiger partial charge is 0.315 e. The summed E-state index contributed by atoms with van der Waals surface area (Å²) in [6.45, 7) is 1.84. The molecule has 0 unspecified atom stereocenters. The second kappa shape index (κ2) is 6.97. The Morgan fingerprint density at radius 1 is 1.30 bits per heavy atom. The normalized spacial score (nSPS) is 19.2. The first-order valence-electron chi connectivity index (χ1n) is 8.30. The van der Waals surface area contributed by atoms with Crippen LogP contribution in [0.25, 0.3) is 0 Å². The number of likely N-dealkylation sites (N-methyl/N-ethyl adjacent to an activating group) is 2. The topological polar surface area (TPSA) is 65.5 Å². The van der Waals surface area contributed by atoms with Gasteiger partial charge in [-0.25, -0.2) is 4.98 Å². The van der Waals surface area contributed by atoms with Crippen LogP contribution in [0, 0.1) is 0 Å². The molecule has 2 aliphatic rings. The van der Waals surface area contributed by atoms with E-state index in [1.807, 2.05) is 0 Å². The fourth-order valence-corrected chi connectivity index (χ4v) is 4.40. The Bertz CT molecular complexity index is 595. The Morgan fingerprint density at radius 3 is 2.78 bits per heavy atom. The molecule has 0 aromatic carbocycles. The van der Waals surface area contributed by atoms with Crippen LogP contribution in [0.5, 0.6) is 0 Å². The molecule has 1 aliphatic heterocycles. The molecular formula is C16H24N4O2S. The minimum absolute atomic E-state index is 0.195. The summed E-state index contributed by atoms with van der Waals surface area (Å²) in [5.74, 6) is -1.03. The van der Waals surface area contributed by atoms with Gasteiger partial charge in [0.25, 0.3) is 0 Å². The van der Waals surface area contributed by atoms with Crippen molar-refractivity contribution in [2.24, 2.45) is 0 Å². The summed E-state index contributed by atoms with van der Waals surface area (Å²) in [6, 6.07) is 0.195. The molecule has 1 saturated carbocycles. The van der Waals surface area contributed by atoms with Crippen LogP contribution < -0.4 is 5.32 Å². The molecule has 1 N–H and O–H groups in total. The Morgan fingerprint density at radius 2 is 2.04 bits per heavy atom. The van der Waals surface area contributed by atoms with Crippen molar-refractivity contribution in [2.75, 3.05) is 26.0 Å². The quantitative estimate of drug-likeness (QED) is 0.837. The predicted molar refractivity (Wildman–Crippen MR) is 90.4 cm³/mol. The highest BCUT2D eigenvalue weighted by Gasteiger charge is 2.28. The Hall–Kier alpha value is -1.47. The molecule has 1 aromatic rings. The van der Waals surface area contributed by atoms with Crippen molar-refractivity contribution >= 4 is 28.3 Å². The van der Waals surface area contributed by atoms with Crippen LogP contribution in [0.15, 0.2) is 0 Å². The molecule has 3 rings (SSSR count). The summed E-state index contributed by atoms with van der Waals surface area (Å²) in [5.41, 5.74) is 1.05. The number of rotatable bonds is 2. The summed E-state index contributed by atoms with van der Waals surface area (Å²) >= 11 is 1.48. The van der Waals surface area contributed by atoms with E-state index in [4.69, 9.17) is 0 Å². The van der Waals surface area contributed by atoms with E-state index < -0.39 is 11.8 Å². The van der Waals surface area contributed by atoms with E-state index in [1.54, 1.807) is 11.9 Å².